The standard InChI is InChI=1S/C30H38ClN5O5S/c1-30(2,3)21-16-25(28(40-5)26(17-21)34-42(6,38)39)33-29(37)20-7-8-24(31)27(15-20)41-23-9-10-32-22(18-23)19-36-13-11-35(4)12-14-36/h7-10,15-18,34H,11-14,19H2,1-6H3,(H,33,37). The van der Waals surface area contributed by atoms with Gasteiger partial charge in [-0.25, -0.2) is 8.42 Å². The third-order valence-corrected chi connectivity index (χ3v) is 7.80. The van der Waals surface area contributed by atoms with Gasteiger partial charge in [-0.2, -0.15) is 0 Å². The molecule has 2 N–H and O–H groups in total. The van der Waals surface area contributed by atoms with Crippen molar-refractivity contribution in [2.24, 2.45) is 0 Å². The second-order valence-electron chi connectivity index (χ2n) is 11.5. The summed E-state index contributed by atoms with van der Waals surface area (Å²) in [4.78, 5) is 22.6. The van der Waals surface area contributed by atoms with Gasteiger partial charge in [0.1, 0.15) is 11.5 Å². The summed E-state index contributed by atoms with van der Waals surface area (Å²) < 4.78 is 38.2. The summed E-state index contributed by atoms with van der Waals surface area (Å²) >= 11 is 6.45. The predicted octanol–water partition coefficient (Wildman–Crippen LogP) is 5.20. The molecule has 0 bridgehead atoms. The molecule has 226 valence electrons. The molecule has 1 aromatic heterocycles. The molecule has 4 rings (SSSR count). The number of halogens is 1. The van der Waals surface area contributed by atoms with Crippen molar-refractivity contribution in [1.82, 2.24) is 14.8 Å². The highest BCUT2D eigenvalue weighted by Crippen LogP contribution is 2.39. The summed E-state index contributed by atoms with van der Waals surface area (Å²) in [5.74, 6) is 0.620. The number of benzene rings is 2. The lowest BCUT2D eigenvalue weighted by molar-refractivity contribution is 0.102. The van der Waals surface area contributed by atoms with Gasteiger partial charge in [-0.1, -0.05) is 32.4 Å². The fourth-order valence-electron chi connectivity index (χ4n) is 4.54. The van der Waals surface area contributed by atoms with Crippen LogP contribution in [0.1, 0.15) is 42.4 Å². The first-order chi connectivity index (χ1) is 19.7. The van der Waals surface area contributed by atoms with E-state index in [1.54, 1.807) is 42.6 Å². The van der Waals surface area contributed by atoms with E-state index in [1.807, 2.05) is 26.8 Å². The van der Waals surface area contributed by atoms with Crippen LogP contribution in [0.4, 0.5) is 11.4 Å². The Bertz CT molecular complexity index is 1550. The predicted molar refractivity (Wildman–Crippen MR) is 167 cm³/mol. The number of rotatable bonds is 9. The summed E-state index contributed by atoms with van der Waals surface area (Å²) in [6.45, 7) is 10.7. The summed E-state index contributed by atoms with van der Waals surface area (Å²) in [6.07, 6.45) is 2.75. The number of carbonyl (C=O) groups is 1. The molecule has 0 atom stereocenters. The van der Waals surface area contributed by atoms with Crippen LogP contribution in [0.15, 0.2) is 48.7 Å². The first-order valence-electron chi connectivity index (χ1n) is 13.6. The minimum absolute atomic E-state index is 0.192. The Hall–Kier alpha value is -3.38. The molecule has 0 radical (unpaired) electrons. The number of nitrogens with one attached hydrogen (secondary N) is 2. The maximum absolute atomic E-state index is 13.4. The molecular formula is C30H38ClN5O5S. The van der Waals surface area contributed by atoms with Gasteiger partial charge in [-0.05, 0) is 54.4 Å². The molecule has 42 heavy (non-hydrogen) atoms. The number of amides is 1. The Morgan fingerprint density at radius 1 is 1.05 bits per heavy atom. The van der Waals surface area contributed by atoms with Crippen molar-refractivity contribution in [3.8, 4) is 17.2 Å². The van der Waals surface area contributed by atoms with Crippen LogP contribution >= 0.6 is 11.6 Å². The Morgan fingerprint density at radius 2 is 1.74 bits per heavy atom. The Balaban J connectivity index is 1.57. The molecule has 2 heterocycles. The van der Waals surface area contributed by atoms with Crippen molar-refractivity contribution >= 4 is 38.9 Å². The third kappa shape index (κ3) is 8.34. The maximum Gasteiger partial charge on any atom is 0.255 e. The fourth-order valence-corrected chi connectivity index (χ4v) is 5.24. The molecule has 1 fully saturated rings. The van der Waals surface area contributed by atoms with E-state index in [4.69, 9.17) is 21.1 Å². The first-order valence-corrected chi connectivity index (χ1v) is 15.8. The van der Waals surface area contributed by atoms with Crippen LogP contribution in [0.2, 0.25) is 5.02 Å². The molecule has 10 nitrogen and oxygen atoms in total. The zero-order valence-corrected chi connectivity index (χ0v) is 26.4. The van der Waals surface area contributed by atoms with Crippen LogP contribution in [0.3, 0.4) is 0 Å². The Kier molecular flexibility index (Phi) is 9.67. The van der Waals surface area contributed by atoms with Crippen LogP contribution in [0, 0.1) is 0 Å². The van der Waals surface area contributed by atoms with Gasteiger partial charge in [0.2, 0.25) is 10.0 Å². The number of sulfonamides is 1. The van der Waals surface area contributed by atoms with Crippen LogP contribution < -0.4 is 19.5 Å². The summed E-state index contributed by atoms with van der Waals surface area (Å²) in [6, 6.07) is 11.8. The maximum atomic E-state index is 13.4. The van der Waals surface area contributed by atoms with Gasteiger partial charge >= 0.3 is 0 Å². The van der Waals surface area contributed by atoms with E-state index in [9.17, 15) is 13.2 Å². The second kappa shape index (κ2) is 12.9. The van der Waals surface area contributed by atoms with Gasteiger partial charge in [-0.15, -0.1) is 0 Å². The average Bonchev–Trinajstić information content (AvgIpc) is 2.90. The highest BCUT2D eigenvalue weighted by molar-refractivity contribution is 7.92. The van der Waals surface area contributed by atoms with Crippen molar-refractivity contribution in [2.45, 2.75) is 32.7 Å². The molecule has 0 aliphatic carbocycles. The van der Waals surface area contributed by atoms with Gasteiger partial charge in [0, 0.05) is 50.6 Å². The number of hydrogen-bond acceptors (Lipinski definition) is 8. The molecule has 0 saturated carbocycles. The Labute approximate surface area is 253 Å². The molecule has 2 aromatic carbocycles. The van der Waals surface area contributed by atoms with Crippen LogP contribution in [0.5, 0.6) is 17.2 Å². The van der Waals surface area contributed by atoms with Crippen LogP contribution in [0.25, 0.3) is 0 Å². The average molecular weight is 616 g/mol. The lowest BCUT2D eigenvalue weighted by Crippen LogP contribution is -2.43. The number of ether oxygens (including phenoxy) is 2. The van der Waals surface area contributed by atoms with Crippen molar-refractivity contribution < 1.29 is 22.7 Å². The van der Waals surface area contributed by atoms with E-state index < -0.39 is 15.9 Å². The van der Waals surface area contributed by atoms with Gasteiger partial charge in [0.05, 0.1) is 35.5 Å². The molecule has 0 unspecified atom stereocenters. The Morgan fingerprint density at radius 3 is 2.38 bits per heavy atom. The van der Waals surface area contributed by atoms with E-state index in [0.717, 1.165) is 43.7 Å². The number of pyridine rings is 1. The number of hydrogen-bond donors (Lipinski definition) is 2. The topological polar surface area (TPSA) is 113 Å². The van der Waals surface area contributed by atoms with Crippen LogP contribution in [-0.2, 0) is 22.0 Å². The largest absolute Gasteiger partial charge is 0.492 e. The van der Waals surface area contributed by atoms with E-state index in [1.165, 1.54) is 7.11 Å². The van der Waals surface area contributed by atoms with Crippen molar-refractivity contribution in [3.63, 3.8) is 0 Å². The number of carbonyl (C=O) groups excluding carboxylic acids is 1. The monoisotopic (exact) mass is 615 g/mol. The first kappa shape index (κ1) is 31.6. The molecule has 1 amide bonds. The van der Waals surface area contributed by atoms with E-state index in [0.29, 0.717) is 34.3 Å². The third-order valence-electron chi connectivity index (χ3n) is 6.89. The summed E-state index contributed by atoms with van der Waals surface area (Å²) in [7, 11) is -0.0733. The van der Waals surface area contributed by atoms with Gasteiger partial charge < -0.3 is 19.7 Å². The number of nitrogens with zero attached hydrogens (tertiary/aromatic N) is 3. The minimum Gasteiger partial charge on any atom is -0.492 e. The molecule has 1 aliphatic heterocycles. The number of aromatic nitrogens is 1. The quantitative estimate of drug-likeness (QED) is 0.338. The molecule has 1 aliphatic rings. The number of likely N-dealkylation sites (N-methyl/N-ethyl adjacent to an activating group) is 1. The smallest absolute Gasteiger partial charge is 0.255 e. The van der Waals surface area contributed by atoms with Crippen molar-refractivity contribution in [3.05, 3.63) is 70.5 Å². The molecule has 1 saturated heterocycles. The number of piperazine rings is 1. The zero-order valence-electron chi connectivity index (χ0n) is 24.8. The summed E-state index contributed by atoms with van der Waals surface area (Å²) in [5.41, 5.74) is 2.19. The van der Waals surface area contributed by atoms with E-state index in [2.05, 4.69) is 31.9 Å². The van der Waals surface area contributed by atoms with Crippen molar-refractivity contribution in [2.75, 3.05) is 56.6 Å². The number of methoxy groups -OCH3 is 1. The zero-order chi connectivity index (χ0) is 30.7. The SMILES string of the molecule is COc1c(NC(=O)c2ccc(Cl)c(Oc3ccnc(CN4CCN(C)CC4)c3)c2)cc(C(C)(C)C)cc1NS(C)(=O)=O. The van der Waals surface area contributed by atoms with E-state index >= 15 is 0 Å². The highest BCUT2D eigenvalue weighted by atomic mass is 35.5. The van der Waals surface area contributed by atoms with Crippen molar-refractivity contribution in [1.29, 1.82) is 0 Å². The highest BCUT2D eigenvalue weighted by Gasteiger charge is 2.23. The van der Waals surface area contributed by atoms with Crippen LogP contribution in [-0.4, -0.2) is 75.7 Å². The number of anilines is 2. The fraction of sp³-hybridized carbons (Fsp3) is 0.400. The lowest BCUT2D eigenvalue weighted by Gasteiger charge is -2.32. The lowest BCUT2D eigenvalue weighted by atomic mass is 9.86. The minimum atomic E-state index is -3.61. The normalized spacial score (nSPS) is 14.8. The van der Waals surface area contributed by atoms with Gasteiger partial charge in [-0.3, -0.25) is 19.4 Å². The second-order valence-corrected chi connectivity index (χ2v) is 13.6. The summed E-state index contributed by atoms with van der Waals surface area (Å²) in [5, 5.41) is 3.21. The molecule has 0 spiro atoms. The van der Waals surface area contributed by atoms with E-state index in [-0.39, 0.29) is 16.9 Å². The van der Waals surface area contributed by atoms with Gasteiger partial charge in [0.25, 0.3) is 5.91 Å². The molecule has 3 aromatic rings. The molecule has 12 heteroatoms. The van der Waals surface area contributed by atoms with Gasteiger partial charge in [0.15, 0.2) is 5.75 Å². The molecular weight excluding hydrogens is 578 g/mol.